The van der Waals surface area contributed by atoms with Crippen molar-refractivity contribution in [1.82, 2.24) is 0 Å². The van der Waals surface area contributed by atoms with Gasteiger partial charge in [0.05, 0.1) is 11.2 Å². The third-order valence-corrected chi connectivity index (χ3v) is 3.76. The van der Waals surface area contributed by atoms with Gasteiger partial charge in [0.2, 0.25) is 0 Å². The van der Waals surface area contributed by atoms with E-state index >= 15 is 0 Å². The molecule has 2 N–H and O–H groups in total. The van der Waals surface area contributed by atoms with Crippen LogP contribution in [0.4, 0.5) is 4.39 Å². The lowest BCUT2D eigenvalue weighted by Gasteiger charge is -2.38. The number of hydrogen-bond donors (Lipinski definition) is 2. The van der Waals surface area contributed by atoms with E-state index in [0.29, 0.717) is 0 Å². The van der Waals surface area contributed by atoms with Crippen LogP contribution >= 0.6 is 0 Å². The van der Waals surface area contributed by atoms with Crippen molar-refractivity contribution >= 4 is 12.6 Å². The van der Waals surface area contributed by atoms with E-state index < -0.39 is 24.1 Å². The Morgan fingerprint density at radius 2 is 1.58 bits per heavy atom. The molecule has 3 nitrogen and oxygen atoms in total. The fourth-order valence-corrected chi connectivity index (χ4v) is 1.48. The Morgan fingerprint density at radius 1 is 1.11 bits per heavy atom. The molecule has 0 aliphatic rings. The smallest absolute Gasteiger partial charge is 0.423 e. The van der Waals surface area contributed by atoms with E-state index in [-0.39, 0.29) is 5.46 Å². The Kier molecular flexibility index (Phi) is 4.45. The summed E-state index contributed by atoms with van der Waals surface area (Å²) in [7, 11) is -1.42. The topological polar surface area (TPSA) is 49.7 Å². The van der Waals surface area contributed by atoms with Gasteiger partial charge in [-0.1, -0.05) is 6.07 Å². The molecule has 0 aromatic heterocycles. The lowest BCUT2D eigenvalue weighted by Crippen LogP contribution is -2.53. The van der Waals surface area contributed by atoms with Gasteiger partial charge < -0.3 is 14.8 Å². The van der Waals surface area contributed by atoms with E-state index in [0.717, 1.165) is 11.1 Å². The highest BCUT2D eigenvalue weighted by Crippen LogP contribution is 2.25. The first kappa shape index (κ1) is 16.2. The molecule has 0 atom stereocenters. The maximum Gasteiger partial charge on any atom is 0.494 e. The Labute approximate surface area is 114 Å². The Morgan fingerprint density at radius 3 is 2.05 bits per heavy atom. The van der Waals surface area contributed by atoms with Gasteiger partial charge in [-0.05, 0) is 58.7 Å². The molecule has 1 aromatic rings. The molecule has 0 saturated heterocycles. The molecule has 0 aliphatic carbocycles. The normalized spacial score (nSPS) is 12.7. The second-order valence-corrected chi connectivity index (χ2v) is 6.00. The number of hydrogen-bond acceptors (Lipinski definition) is 3. The fourth-order valence-electron chi connectivity index (χ4n) is 1.48. The first-order valence-electron chi connectivity index (χ1n) is 6.30. The highest BCUT2D eigenvalue weighted by molar-refractivity contribution is 6.60. The Balaban J connectivity index is 3.03. The molecule has 0 spiro atoms. The molecule has 1 aromatic carbocycles. The fraction of sp³-hybridized carbons (Fsp3) is 0.571. The highest BCUT2D eigenvalue weighted by Gasteiger charge is 2.40. The minimum atomic E-state index is -1.42. The van der Waals surface area contributed by atoms with Gasteiger partial charge in [-0.3, -0.25) is 0 Å². The van der Waals surface area contributed by atoms with Gasteiger partial charge in [-0.25, -0.2) is 4.39 Å². The minimum absolute atomic E-state index is 0.0837. The predicted molar refractivity (Wildman–Crippen MR) is 74.9 cm³/mol. The average molecular weight is 268 g/mol. The van der Waals surface area contributed by atoms with Crippen LogP contribution in [0.2, 0.25) is 0 Å². The van der Waals surface area contributed by atoms with Crippen molar-refractivity contribution in [2.45, 2.75) is 52.7 Å². The van der Waals surface area contributed by atoms with Crippen LogP contribution < -0.4 is 5.46 Å². The monoisotopic (exact) mass is 268 g/mol. The van der Waals surface area contributed by atoms with E-state index in [1.807, 2.05) is 6.92 Å². The predicted octanol–water partition coefficient (Wildman–Crippen LogP) is 1.70. The summed E-state index contributed by atoms with van der Waals surface area (Å²) in [6, 6.07) is 2.93. The summed E-state index contributed by atoms with van der Waals surface area (Å²) in [6.45, 7) is 10.1. The number of benzene rings is 1. The number of halogens is 1. The number of aryl methyl sites for hydroxylation is 2. The van der Waals surface area contributed by atoms with Gasteiger partial charge in [0.25, 0.3) is 0 Å². The largest absolute Gasteiger partial charge is 0.494 e. The van der Waals surface area contributed by atoms with Crippen LogP contribution in [0.25, 0.3) is 0 Å². The van der Waals surface area contributed by atoms with E-state index in [1.165, 1.54) is 6.07 Å². The van der Waals surface area contributed by atoms with E-state index in [1.54, 1.807) is 40.7 Å². The zero-order valence-corrected chi connectivity index (χ0v) is 12.4. The quantitative estimate of drug-likeness (QED) is 0.817. The van der Waals surface area contributed by atoms with Gasteiger partial charge in [0.1, 0.15) is 5.82 Å². The van der Waals surface area contributed by atoms with Crippen LogP contribution in [0.15, 0.2) is 12.1 Å². The van der Waals surface area contributed by atoms with Crippen LogP contribution in [0.1, 0.15) is 38.8 Å². The van der Waals surface area contributed by atoms with E-state index in [4.69, 9.17) is 4.65 Å². The summed E-state index contributed by atoms with van der Waals surface area (Å²) in [6.07, 6.45) is 0. The summed E-state index contributed by atoms with van der Waals surface area (Å²) < 4.78 is 19.3. The van der Waals surface area contributed by atoms with Crippen molar-refractivity contribution in [3.63, 3.8) is 0 Å². The second kappa shape index (κ2) is 5.23. The average Bonchev–Trinajstić information content (AvgIpc) is 2.20. The van der Waals surface area contributed by atoms with Gasteiger partial charge in [0, 0.05) is 5.46 Å². The van der Waals surface area contributed by atoms with Crippen molar-refractivity contribution in [1.29, 1.82) is 0 Å². The van der Waals surface area contributed by atoms with Crippen molar-refractivity contribution < 1.29 is 19.2 Å². The van der Waals surface area contributed by atoms with E-state index in [9.17, 15) is 14.5 Å². The lowest BCUT2D eigenvalue weighted by atomic mass is 9.75. The molecule has 0 aliphatic heterocycles. The molecule has 19 heavy (non-hydrogen) atoms. The van der Waals surface area contributed by atoms with Crippen LogP contribution in [-0.4, -0.2) is 28.5 Å². The summed E-state index contributed by atoms with van der Waals surface area (Å²) in [4.78, 5) is 0. The standard InChI is InChI=1S/C14H22BFO3/c1-9-7-11(12(16)8-10(9)2)15(18)19-14(5,6)13(3,4)17/h7-8,17-18H,1-6H3. The molecule has 0 unspecified atom stereocenters. The van der Waals surface area contributed by atoms with Gasteiger partial charge >= 0.3 is 7.12 Å². The van der Waals surface area contributed by atoms with Crippen molar-refractivity contribution in [2.75, 3.05) is 0 Å². The summed E-state index contributed by atoms with van der Waals surface area (Å²) in [5, 5.41) is 20.0. The van der Waals surface area contributed by atoms with Crippen LogP contribution in [-0.2, 0) is 4.65 Å². The Bertz CT molecular complexity index is 466. The molecule has 106 valence electrons. The molecule has 0 amide bonds. The zero-order chi connectivity index (χ0) is 15.0. The summed E-state index contributed by atoms with van der Waals surface area (Å²) >= 11 is 0. The van der Waals surface area contributed by atoms with Crippen LogP contribution in [0.3, 0.4) is 0 Å². The van der Waals surface area contributed by atoms with Crippen LogP contribution in [0.5, 0.6) is 0 Å². The van der Waals surface area contributed by atoms with Gasteiger partial charge in [-0.15, -0.1) is 0 Å². The molecular weight excluding hydrogens is 246 g/mol. The van der Waals surface area contributed by atoms with Crippen molar-refractivity contribution in [2.24, 2.45) is 0 Å². The van der Waals surface area contributed by atoms with Crippen molar-refractivity contribution in [3.8, 4) is 0 Å². The third kappa shape index (κ3) is 3.56. The highest BCUT2D eigenvalue weighted by atomic mass is 19.1. The molecule has 0 fully saturated rings. The summed E-state index contributed by atoms with van der Waals surface area (Å²) in [5.41, 5.74) is -0.405. The maximum atomic E-state index is 13.9. The first-order chi connectivity index (χ1) is 8.45. The Hall–Kier alpha value is -0.905. The number of rotatable bonds is 4. The maximum absolute atomic E-state index is 13.9. The first-order valence-corrected chi connectivity index (χ1v) is 6.30. The van der Waals surface area contributed by atoms with Crippen molar-refractivity contribution in [3.05, 3.63) is 29.1 Å². The summed E-state index contributed by atoms with van der Waals surface area (Å²) in [5.74, 6) is -0.512. The minimum Gasteiger partial charge on any atom is -0.423 e. The second-order valence-electron chi connectivity index (χ2n) is 6.00. The van der Waals surface area contributed by atoms with Crippen LogP contribution in [0, 0.1) is 19.7 Å². The van der Waals surface area contributed by atoms with Gasteiger partial charge in [0.15, 0.2) is 0 Å². The van der Waals surface area contributed by atoms with Gasteiger partial charge in [-0.2, -0.15) is 0 Å². The molecule has 0 saturated carbocycles. The molecule has 0 heterocycles. The number of aliphatic hydroxyl groups is 1. The lowest BCUT2D eigenvalue weighted by molar-refractivity contribution is -0.0983. The van der Waals surface area contributed by atoms with E-state index in [2.05, 4.69) is 0 Å². The third-order valence-electron chi connectivity index (χ3n) is 3.76. The molecule has 0 bridgehead atoms. The molecule has 1 rings (SSSR count). The zero-order valence-electron chi connectivity index (χ0n) is 12.4. The SMILES string of the molecule is Cc1cc(F)c(B(O)OC(C)(C)C(C)(C)O)cc1C. The molecule has 0 radical (unpaired) electrons. The molecular formula is C14H22BFO3. The molecule has 5 heteroatoms.